The predicted octanol–water partition coefficient (Wildman–Crippen LogP) is 4.08. The summed E-state index contributed by atoms with van der Waals surface area (Å²) in [5.74, 6) is 1.46. The SMILES string of the molecule is Cc1cccc(Oc2cc(CNC(C)c3cnn(C)c3)ccn2)c1C. The molecule has 2 aromatic heterocycles. The van der Waals surface area contributed by atoms with Gasteiger partial charge in [-0.1, -0.05) is 12.1 Å². The monoisotopic (exact) mass is 336 g/mol. The van der Waals surface area contributed by atoms with Crippen molar-refractivity contribution < 1.29 is 4.74 Å². The van der Waals surface area contributed by atoms with Crippen molar-refractivity contribution in [2.75, 3.05) is 0 Å². The molecular weight excluding hydrogens is 312 g/mol. The Kier molecular flexibility index (Phi) is 5.14. The van der Waals surface area contributed by atoms with Gasteiger partial charge >= 0.3 is 0 Å². The predicted molar refractivity (Wildman–Crippen MR) is 98.7 cm³/mol. The van der Waals surface area contributed by atoms with Crippen molar-refractivity contribution in [3.05, 3.63) is 71.2 Å². The minimum atomic E-state index is 0.227. The van der Waals surface area contributed by atoms with Crippen LogP contribution in [0.3, 0.4) is 0 Å². The second kappa shape index (κ2) is 7.49. The van der Waals surface area contributed by atoms with Crippen LogP contribution in [0.2, 0.25) is 0 Å². The highest BCUT2D eigenvalue weighted by Gasteiger charge is 2.08. The molecular formula is C20H24N4O. The third-order valence-corrected chi connectivity index (χ3v) is 4.41. The lowest BCUT2D eigenvalue weighted by Crippen LogP contribution is -2.17. The fraction of sp³-hybridized carbons (Fsp3) is 0.300. The van der Waals surface area contributed by atoms with Gasteiger partial charge in [-0.2, -0.15) is 5.10 Å². The summed E-state index contributed by atoms with van der Waals surface area (Å²) in [6, 6.07) is 10.3. The van der Waals surface area contributed by atoms with E-state index in [1.54, 1.807) is 6.20 Å². The zero-order valence-corrected chi connectivity index (χ0v) is 15.2. The quantitative estimate of drug-likeness (QED) is 0.737. The van der Waals surface area contributed by atoms with Gasteiger partial charge in [-0.25, -0.2) is 4.98 Å². The second-order valence-electron chi connectivity index (χ2n) is 6.35. The van der Waals surface area contributed by atoms with E-state index in [9.17, 15) is 0 Å². The van der Waals surface area contributed by atoms with Crippen molar-refractivity contribution in [1.29, 1.82) is 0 Å². The van der Waals surface area contributed by atoms with E-state index in [0.29, 0.717) is 5.88 Å². The van der Waals surface area contributed by atoms with Gasteiger partial charge in [0, 0.05) is 43.7 Å². The molecule has 3 rings (SSSR count). The molecule has 0 aliphatic carbocycles. The molecule has 0 amide bonds. The van der Waals surface area contributed by atoms with E-state index in [4.69, 9.17) is 4.74 Å². The zero-order valence-electron chi connectivity index (χ0n) is 15.2. The number of hydrogen-bond donors (Lipinski definition) is 1. The third-order valence-electron chi connectivity index (χ3n) is 4.41. The molecule has 1 unspecified atom stereocenters. The van der Waals surface area contributed by atoms with Crippen molar-refractivity contribution in [1.82, 2.24) is 20.1 Å². The third kappa shape index (κ3) is 4.25. The molecule has 0 fully saturated rings. The van der Waals surface area contributed by atoms with Gasteiger partial charge in [-0.3, -0.25) is 4.68 Å². The van der Waals surface area contributed by atoms with E-state index >= 15 is 0 Å². The standard InChI is InChI=1S/C20H24N4O/c1-14-6-5-7-19(15(14)2)25-20-10-17(8-9-21-20)11-22-16(3)18-12-23-24(4)13-18/h5-10,12-13,16,22H,11H2,1-4H3. The number of rotatable bonds is 6. The van der Waals surface area contributed by atoms with Crippen molar-refractivity contribution in [3.8, 4) is 11.6 Å². The van der Waals surface area contributed by atoms with Crippen molar-refractivity contribution >= 4 is 0 Å². The molecule has 25 heavy (non-hydrogen) atoms. The van der Waals surface area contributed by atoms with Crippen LogP contribution in [0.5, 0.6) is 11.6 Å². The molecule has 130 valence electrons. The Labute approximate surface area is 148 Å². The van der Waals surface area contributed by atoms with Gasteiger partial charge in [-0.05, 0) is 49.6 Å². The Morgan fingerprint density at radius 3 is 2.84 bits per heavy atom. The Balaban J connectivity index is 1.66. The van der Waals surface area contributed by atoms with Gasteiger partial charge in [0.25, 0.3) is 0 Å². The van der Waals surface area contributed by atoms with Gasteiger partial charge in [0.1, 0.15) is 5.75 Å². The molecule has 2 heterocycles. The van der Waals surface area contributed by atoms with E-state index < -0.39 is 0 Å². The highest BCUT2D eigenvalue weighted by atomic mass is 16.5. The van der Waals surface area contributed by atoms with Gasteiger partial charge in [0.05, 0.1) is 6.20 Å². The molecule has 0 bridgehead atoms. The van der Waals surface area contributed by atoms with Gasteiger partial charge in [0.15, 0.2) is 0 Å². The first-order chi connectivity index (χ1) is 12.0. The van der Waals surface area contributed by atoms with Crippen molar-refractivity contribution in [2.45, 2.75) is 33.4 Å². The molecule has 1 aromatic carbocycles. The Hall–Kier alpha value is -2.66. The smallest absolute Gasteiger partial charge is 0.219 e. The fourth-order valence-corrected chi connectivity index (χ4v) is 2.62. The number of aromatic nitrogens is 3. The largest absolute Gasteiger partial charge is 0.439 e. The molecule has 1 atom stereocenters. The molecule has 0 spiro atoms. The first-order valence-electron chi connectivity index (χ1n) is 8.44. The lowest BCUT2D eigenvalue weighted by molar-refractivity contribution is 0.457. The van der Waals surface area contributed by atoms with Crippen LogP contribution in [0.25, 0.3) is 0 Å². The first kappa shape index (κ1) is 17.2. The van der Waals surface area contributed by atoms with Crippen LogP contribution in [-0.2, 0) is 13.6 Å². The van der Waals surface area contributed by atoms with E-state index in [-0.39, 0.29) is 6.04 Å². The number of ether oxygens (including phenoxy) is 1. The maximum absolute atomic E-state index is 5.97. The highest BCUT2D eigenvalue weighted by Crippen LogP contribution is 2.26. The average molecular weight is 336 g/mol. The minimum Gasteiger partial charge on any atom is -0.439 e. The van der Waals surface area contributed by atoms with E-state index in [1.807, 2.05) is 48.4 Å². The number of hydrogen-bond acceptors (Lipinski definition) is 4. The summed E-state index contributed by atoms with van der Waals surface area (Å²) >= 11 is 0. The minimum absolute atomic E-state index is 0.227. The number of nitrogens with one attached hydrogen (secondary N) is 1. The number of aryl methyl sites for hydroxylation is 2. The summed E-state index contributed by atoms with van der Waals surface area (Å²) in [4.78, 5) is 4.33. The van der Waals surface area contributed by atoms with Gasteiger partial charge < -0.3 is 10.1 Å². The lowest BCUT2D eigenvalue weighted by Gasteiger charge is -2.13. The normalized spacial score (nSPS) is 12.2. The summed E-state index contributed by atoms with van der Waals surface area (Å²) in [5.41, 5.74) is 4.65. The van der Waals surface area contributed by atoms with Crippen LogP contribution >= 0.6 is 0 Å². The lowest BCUT2D eigenvalue weighted by atomic mass is 10.1. The van der Waals surface area contributed by atoms with Crippen molar-refractivity contribution in [2.24, 2.45) is 7.05 Å². The van der Waals surface area contributed by atoms with Crippen molar-refractivity contribution in [3.63, 3.8) is 0 Å². The Morgan fingerprint density at radius 1 is 1.24 bits per heavy atom. The van der Waals surface area contributed by atoms with Crippen LogP contribution in [0.1, 0.15) is 35.2 Å². The zero-order chi connectivity index (χ0) is 17.8. The molecule has 0 aliphatic rings. The van der Waals surface area contributed by atoms with Crippen LogP contribution < -0.4 is 10.1 Å². The number of pyridine rings is 1. The summed E-state index contributed by atoms with van der Waals surface area (Å²) in [6.45, 7) is 7.01. The maximum Gasteiger partial charge on any atom is 0.219 e. The Morgan fingerprint density at radius 2 is 2.08 bits per heavy atom. The molecule has 0 saturated heterocycles. The van der Waals surface area contributed by atoms with Crippen LogP contribution in [0.15, 0.2) is 48.9 Å². The number of benzene rings is 1. The summed E-state index contributed by atoms with van der Waals surface area (Å²) in [7, 11) is 1.93. The average Bonchev–Trinajstić information content (AvgIpc) is 3.04. The second-order valence-corrected chi connectivity index (χ2v) is 6.35. The maximum atomic E-state index is 5.97. The molecule has 0 radical (unpaired) electrons. The molecule has 0 saturated carbocycles. The summed E-state index contributed by atoms with van der Waals surface area (Å²) in [6.07, 6.45) is 5.70. The van der Waals surface area contributed by atoms with Gasteiger partial charge in [0.2, 0.25) is 5.88 Å². The highest BCUT2D eigenvalue weighted by molar-refractivity contribution is 5.40. The van der Waals surface area contributed by atoms with E-state index in [1.165, 1.54) is 11.1 Å². The molecule has 5 heteroatoms. The van der Waals surface area contributed by atoms with E-state index in [2.05, 4.69) is 42.2 Å². The fourth-order valence-electron chi connectivity index (χ4n) is 2.62. The summed E-state index contributed by atoms with van der Waals surface area (Å²) < 4.78 is 7.79. The topological polar surface area (TPSA) is 52.0 Å². The van der Waals surface area contributed by atoms with E-state index in [0.717, 1.165) is 23.4 Å². The first-order valence-corrected chi connectivity index (χ1v) is 8.44. The van der Waals surface area contributed by atoms with Gasteiger partial charge in [-0.15, -0.1) is 0 Å². The molecule has 3 aromatic rings. The summed E-state index contributed by atoms with van der Waals surface area (Å²) in [5, 5.41) is 7.72. The molecule has 1 N–H and O–H groups in total. The molecule has 0 aliphatic heterocycles. The molecule has 5 nitrogen and oxygen atoms in total. The van der Waals surface area contributed by atoms with Crippen LogP contribution in [0.4, 0.5) is 0 Å². The number of nitrogens with zero attached hydrogens (tertiary/aromatic N) is 3. The van der Waals surface area contributed by atoms with Crippen LogP contribution in [-0.4, -0.2) is 14.8 Å². The van der Waals surface area contributed by atoms with Crippen LogP contribution in [0, 0.1) is 13.8 Å². The Bertz CT molecular complexity index is 856.